The number of ether oxygens (including phenoxy) is 2. The maximum Gasteiger partial charge on any atom is 0.251 e. The van der Waals surface area contributed by atoms with Crippen LogP contribution in [-0.4, -0.2) is 38.8 Å². The van der Waals surface area contributed by atoms with Gasteiger partial charge in [0.05, 0.1) is 13.7 Å². The van der Waals surface area contributed by atoms with Gasteiger partial charge in [-0.15, -0.1) is 0 Å². The Hall–Kier alpha value is -1.75. The van der Waals surface area contributed by atoms with Crippen molar-refractivity contribution < 1.29 is 14.3 Å². The molecule has 1 aromatic carbocycles. The standard InChI is InChI=1S/C17H28N2O3/c1-5-7-10-22-15-9-8-14(11-16(15)21-4)17(20)19-12-13(3)18-6-2/h8-9,11,13,18H,5-7,10,12H2,1-4H3,(H,19,20)/t13-/m1/s1. The van der Waals surface area contributed by atoms with Gasteiger partial charge in [0.25, 0.3) is 5.91 Å². The Kier molecular flexibility index (Phi) is 8.36. The van der Waals surface area contributed by atoms with Gasteiger partial charge in [-0.05, 0) is 38.1 Å². The molecule has 0 aliphatic heterocycles. The number of amides is 1. The fourth-order valence-corrected chi connectivity index (χ4v) is 2.02. The van der Waals surface area contributed by atoms with Crippen LogP contribution in [0, 0.1) is 0 Å². The van der Waals surface area contributed by atoms with Crippen LogP contribution in [0.5, 0.6) is 11.5 Å². The maximum absolute atomic E-state index is 12.2. The lowest BCUT2D eigenvalue weighted by Crippen LogP contribution is -2.38. The van der Waals surface area contributed by atoms with Crippen LogP contribution in [0.25, 0.3) is 0 Å². The van der Waals surface area contributed by atoms with E-state index in [4.69, 9.17) is 9.47 Å². The van der Waals surface area contributed by atoms with E-state index in [1.165, 1.54) is 0 Å². The number of methoxy groups -OCH3 is 1. The Balaban J connectivity index is 2.65. The Morgan fingerprint density at radius 1 is 1.27 bits per heavy atom. The fourth-order valence-electron chi connectivity index (χ4n) is 2.02. The van der Waals surface area contributed by atoms with Crippen LogP contribution >= 0.6 is 0 Å². The molecule has 0 fully saturated rings. The molecule has 1 amide bonds. The highest BCUT2D eigenvalue weighted by atomic mass is 16.5. The van der Waals surface area contributed by atoms with Crippen LogP contribution in [0.4, 0.5) is 0 Å². The van der Waals surface area contributed by atoms with Crippen molar-refractivity contribution in [2.75, 3.05) is 26.8 Å². The Bertz CT molecular complexity index is 463. The number of hydrogen-bond acceptors (Lipinski definition) is 4. The molecule has 1 aromatic rings. The lowest BCUT2D eigenvalue weighted by Gasteiger charge is -2.14. The second-order valence-corrected chi connectivity index (χ2v) is 5.24. The molecule has 0 heterocycles. The van der Waals surface area contributed by atoms with Crippen LogP contribution in [0.1, 0.15) is 44.0 Å². The fraction of sp³-hybridized carbons (Fsp3) is 0.588. The summed E-state index contributed by atoms with van der Waals surface area (Å²) in [6.45, 7) is 8.31. The molecule has 5 heteroatoms. The monoisotopic (exact) mass is 308 g/mol. The minimum Gasteiger partial charge on any atom is -0.493 e. The molecule has 1 atom stereocenters. The number of rotatable bonds is 10. The molecule has 0 aromatic heterocycles. The Morgan fingerprint density at radius 2 is 2.05 bits per heavy atom. The van der Waals surface area contributed by atoms with Crippen molar-refractivity contribution in [3.05, 3.63) is 23.8 Å². The van der Waals surface area contributed by atoms with E-state index in [2.05, 4.69) is 17.6 Å². The Morgan fingerprint density at radius 3 is 2.68 bits per heavy atom. The summed E-state index contributed by atoms with van der Waals surface area (Å²) in [4.78, 5) is 12.2. The highest BCUT2D eigenvalue weighted by Crippen LogP contribution is 2.28. The molecule has 0 bridgehead atoms. The number of benzene rings is 1. The van der Waals surface area contributed by atoms with E-state index in [-0.39, 0.29) is 11.9 Å². The molecular formula is C17H28N2O3. The number of nitrogens with one attached hydrogen (secondary N) is 2. The molecule has 0 saturated heterocycles. The predicted octanol–water partition coefficient (Wildman–Crippen LogP) is 2.60. The first-order chi connectivity index (χ1) is 10.6. The first kappa shape index (κ1) is 18.3. The van der Waals surface area contributed by atoms with Crippen LogP contribution < -0.4 is 20.1 Å². The predicted molar refractivity (Wildman–Crippen MR) is 88.9 cm³/mol. The summed E-state index contributed by atoms with van der Waals surface area (Å²) in [5.74, 6) is 1.15. The van der Waals surface area contributed by atoms with Crippen LogP contribution in [0.2, 0.25) is 0 Å². The van der Waals surface area contributed by atoms with Gasteiger partial charge in [0, 0.05) is 18.2 Å². The summed E-state index contributed by atoms with van der Waals surface area (Å²) < 4.78 is 11.0. The van der Waals surface area contributed by atoms with Gasteiger partial charge in [-0.1, -0.05) is 20.3 Å². The number of carbonyl (C=O) groups excluding carboxylic acids is 1. The van der Waals surface area contributed by atoms with Gasteiger partial charge in [0.1, 0.15) is 0 Å². The third-order valence-corrected chi connectivity index (χ3v) is 3.30. The third kappa shape index (κ3) is 5.93. The van der Waals surface area contributed by atoms with Crippen molar-refractivity contribution in [1.29, 1.82) is 0 Å². The van der Waals surface area contributed by atoms with Gasteiger partial charge < -0.3 is 20.1 Å². The molecule has 5 nitrogen and oxygen atoms in total. The molecule has 2 N–H and O–H groups in total. The van der Waals surface area contributed by atoms with Gasteiger partial charge in [-0.3, -0.25) is 4.79 Å². The summed E-state index contributed by atoms with van der Waals surface area (Å²) >= 11 is 0. The van der Waals surface area contributed by atoms with Crippen molar-refractivity contribution in [3.63, 3.8) is 0 Å². The summed E-state index contributed by atoms with van der Waals surface area (Å²) in [7, 11) is 1.58. The third-order valence-electron chi connectivity index (χ3n) is 3.30. The average molecular weight is 308 g/mol. The highest BCUT2D eigenvalue weighted by Gasteiger charge is 2.12. The summed E-state index contributed by atoms with van der Waals surface area (Å²) in [6, 6.07) is 5.51. The van der Waals surface area contributed by atoms with Crippen molar-refractivity contribution in [2.24, 2.45) is 0 Å². The van der Waals surface area contributed by atoms with E-state index < -0.39 is 0 Å². The molecule has 0 aliphatic rings. The first-order valence-electron chi connectivity index (χ1n) is 7.94. The van der Waals surface area contributed by atoms with E-state index in [9.17, 15) is 4.79 Å². The molecule has 0 radical (unpaired) electrons. The van der Waals surface area contributed by atoms with Crippen molar-refractivity contribution in [3.8, 4) is 11.5 Å². The molecular weight excluding hydrogens is 280 g/mol. The van der Waals surface area contributed by atoms with Gasteiger partial charge in [0.2, 0.25) is 0 Å². The lowest BCUT2D eigenvalue weighted by atomic mass is 10.2. The topological polar surface area (TPSA) is 59.6 Å². The Labute approximate surface area is 133 Å². The first-order valence-corrected chi connectivity index (χ1v) is 7.94. The molecule has 1 rings (SSSR count). The van der Waals surface area contributed by atoms with Crippen LogP contribution in [-0.2, 0) is 0 Å². The summed E-state index contributed by atoms with van der Waals surface area (Å²) in [6.07, 6.45) is 2.07. The largest absolute Gasteiger partial charge is 0.493 e. The molecule has 0 spiro atoms. The number of hydrogen-bond donors (Lipinski definition) is 2. The van der Waals surface area contributed by atoms with Crippen molar-refractivity contribution >= 4 is 5.91 Å². The normalized spacial score (nSPS) is 11.8. The second-order valence-electron chi connectivity index (χ2n) is 5.24. The quantitative estimate of drug-likeness (QED) is 0.652. The molecule has 0 unspecified atom stereocenters. The maximum atomic E-state index is 12.2. The van der Waals surface area contributed by atoms with Gasteiger partial charge in [-0.25, -0.2) is 0 Å². The molecule has 124 valence electrons. The molecule has 0 aliphatic carbocycles. The number of carbonyl (C=O) groups is 1. The summed E-state index contributed by atoms with van der Waals surface area (Å²) in [5, 5.41) is 6.16. The zero-order chi connectivity index (χ0) is 16.4. The smallest absolute Gasteiger partial charge is 0.251 e. The number of likely N-dealkylation sites (N-methyl/N-ethyl adjacent to an activating group) is 1. The van der Waals surface area contributed by atoms with E-state index in [1.54, 1.807) is 25.3 Å². The second kappa shape index (κ2) is 10.1. The van der Waals surface area contributed by atoms with E-state index in [0.717, 1.165) is 19.4 Å². The minimum absolute atomic E-state index is 0.108. The zero-order valence-corrected chi connectivity index (χ0v) is 14.1. The van der Waals surface area contributed by atoms with Crippen LogP contribution in [0.3, 0.4) is 0 Å². The van der Waals surface area contributed by atoms with Gasteiger partial charge in [-0.2, -0.15) is 0 Å². The van der Waals surface area contributed by atoms with Gasteiger partial charge >= 0.3 is 0 Å². The van der Waals surface area contributed by atoms with E-state index in [1.807, 2.05) is 13.8 Å². The SMILES string of the molecule is CCCCOc1ccc(C(=O)NC[C@@H](C)NCC)cc1OC. The van der Waals surface area contributed by atoms with E-state index in [0.29, 0.717) is 30.2 Å². The lowest BCUT2D eigenvalue weighted by molar-refractivity contribution is 0.0950. The van der Waals surface area contributed by atoms with Crippen LogP contribution in [0.15, 0.2) is 18.2 Å². The van der Waals surface area contributed by atoms with Gasteiger partial charge in [0.15, 0.2) is 11.5 Å². The number of unbranched alkanes of at least 4 members (excludes halogenated alkanes) is 1. The van der Waals surface area contributed by atoms with Crippen molar-refractivity contribution in [2.45, 2.75) is 39.7 Å². The summed E-state index contributed by atoms with van der Waals surface area (Å²) in [5.41, 5.74) is 0.573. The van der Waals surface area contributed by atoms with Crippen molar-refractivity contribution in [1.82, 2.24) is 10.6 Å². The zero-order valence-electron chi connectivity index (χ0n) is 14.1. The average Bonchev–Trinajstić information content (AvgIpc) is 2.53. The molecule has 0 saturated carbocycles. The molecule has 22 heavy (non-hydrogen) atoms. The van der Waals surface area contributed by atoms with E-state index >= 15 is 0 Å². The highest BCUT2D eigenvalue weighted by molar-refractivity contribution is 5.94. The minimum atomic E-state index is -0.108.